The van der Waals surface area contributed by atoms with Crippen molar-refractivity contribution in [2.24, 2.45) is 23.7 Å². The van der Waals surface area contributed by atoms with Gasteiger partial charge in [0, 0.05) is 47.7 Å². The Kier molecular flexibility index (Phi) is 54.6. The van der Waals surface area contributed by atoms with Crippen molar-refractivity contribution in [3.63, 3.8) is 0 Å². The molecule has 117 heavy (non-hydrogen) atoms. The Morgan fingerprint density at radius 3 is 1.22 bits per heavy atom. The standard InChI is InChI=1S/2C17H31B2O8P.2C9H16BO5P.2C8H15BO3.3CH4.2H2O/c1-9(2)23-8-15-14(6-16(19)26-15)27-28(21,22)24-7-11-13(25-10(3)4)5-12(18)17(11)20;1-9(2)23-7-11-13(5-12(18)17(11)20)27-28(21,22)24-8-15-14(25-10(3)4)6-16(19)26-15;1-5(2)14-8-3-7(10)9-6(8)4-13-16(11,12)15-9;1-5(2)13-4-6-8-3-7(10)9(6)15-16(11,12)14-8;1-5(2)11-4-7-6(10)3-8(9)12-7;1-5(2)11-6-3-8(9)12-7(6)4-10;;;;;/h2*9-17,20H,5-8H2,1-4H3,(H,21,22);2*5-9H,3-4H2,1-2H3,(H,11,12);2*5-8,10H,3-4H2,1-2H3;3*1H4;2*1H2/p-6/t2*11-,12+,13-,14-,15-,16-,17?;2*6-,7+,8-,9?;2*6-,7-,8-;;;;;/m111111...../s1. The summed E-state index contributed by atoms with van der Waals surface area (Å²) in [5.41, 5.74) is 0. The summed E-state index contributed by atoms with van der Waals surface area (Å²) < 4.78 is 153. The van der Waals surface area contributed by atoms with E-state index < -0.39 is 128 Å². The first-order valence-electron chi connectivity index (χ1n) is 39.0. The molecule has 4 aliphatic carbocycles. The van der Waals surface area contributed by atoms with E-state index in [-0.39, 0.29) is 207 Å². The van der Waals surface area contributed by atoms with Crippen molar-refractivity contribution >= 4 is 94.1 Å². The van der Waals surface area contributed by atoms with Gasteiger partial charge in [-0.15, -0.1) is 0 Å². The largest absolute Gasteiger partial charge is 0.870 e. The first kappa shape index (κ1) is 117. The number of ether oxygens (including phenoxy) is 12. The summed E-state index contributed by atoms with van der Waals surface area (Å²) in [6.07, 6.45) is -4.10. The van der Waals surface area contributed by atoms with Crippen LogP contribution in [0.3, 0.4) is 0 Å². The summed E-state index contributed by atoms with van der Waals surface area (Å²) in [6, 6.07) is -1.79. The number of aliphatic hydroxyl groups excluding tert-OH is 4. The lowest BCUT2D eigenvalue weighted by Gasteiger charge is -2.38. The molecule has 8 unspecified atom stereocenters. The SMILES string of the molecule is C.C.C.[B][C@H]1C[C@@H](O)[C@@H](COC(C)C)O1.[B][C@H]1C[C@@H](OC(C)C)[C@@H](CO)O1.[B][C@H]1C[C@@H](OC(C)C)[C@@H](COP(=O)([O-])O[C@@H]2C[C@H]([B])C(O)[C@@H]2COC(C)C)O1.[B][C@H]1C[C@@H](OC(C)C)[C@H]2COP(=O)([O-])OC12.[B][C@H]1C[C@@H](OP(=O)([O-])OC[C@H]2C(O)[C@@H]([B])C[C@H]2OC(C)C)[C@@H](COC(C)C)O1.[B][C@H]1C[C@H]2OP(=O)([O-])OC1[C@@H]2COC(C)C.[OH-].[OH-]. The molecule has 6 aliphatic heterocycles. The smallest absolute Gasteiger partial charge is 0.268 e. The molecule has 4 saturated carbocycles. The summed E-state index contributed by atoms with van der Waals surface area (Å²) in [5, 5.41) is 38.8. The Balaban J connectivity index is 0.00000141. The van der Waals surface area contributed by atoms with Crippen molar-refractivity contribution in [1.82, 2.24) is 0 Å². The predicted octanol–water partition coefficient (Wildman–Crippen LogP) is 4.34. The minimum Gasteiger partial charge on any atom is -0.870 e. The zero-order valence-electron chi connectivity index (χ0n) is 68.6. The van der Waals surface area contributed by atoms with Crippen LogP contribution in [0.4, 0.5) is 0 Å². The molecule has 32 atom stereocenters. The van der Waals surface area contributed by atoms with Crippen molar-refractivity contribution in [2.45, 2.75) is 378 Å². The Hall–Kier alpha value is 0.239. The number of phosphoric acid groups is 4. The maximum atomic E-state index is 12.3. The van der Waals surface area contributed by atoms with Crippen molar-refractivity contribution in [3.8, 4) is 0 Å². The molecule has 10 fully saturated rings. The Morgan fingerprint density at radius 1 is 0.402 bits per heavy atom. The van der Waals surface area contributed by atoms with Crippen LogP contribution >= 0.6 is 31.3 Å². The predicted molar refractivity (Wildman–Crippen MR) is 433 cm³/mol. The number of rotatable bonds is 31. The van der Waals surface area contributed by atoms with Crippen molar-refractivity contribution < 1.29 is 162 Å². The molecule has 0 aromatic heterocycles. The van der Waals surface area contributed by atoms with Gasteiger partial charge in [0.2, 0.25) is 0 Å². The number of aliphatic hydroxyl groups is 4. The topological polar surface area (TPSA) is 486 Å². The molecule has 2 bridgehead atoms. The van der Waals surface area contributed by atoms with Crippen LogP contribution < -0.4 is 19.6 Å². The minimum absolute atomic E-state index is 0. The normalized spacial score (nSPS) is 38.9. The summed E-state index contributed by atoms with van der Waals surface area (Å²) in [4.78, 5) is 47.1. The highest BCUT2D eigenvalue weighted by molar-refractivity contribution is 7.46. The molecule has 6 saturated heterocycles. The van der Waals surface area contributed by atoms with Crippen molar-refractivity contribution in [1.29, 1.82) is 0 Å². The average Bonchev–Trinajstić information content (AvgIpc) is 1.63. The van der Waals surface area contributed by atoms with E-state index in [4.69, 9.17) is 156 Å². The van der Waals surface area contributed by atoms with Gasteiger partial charge in [-0.3, -0.25) is 18.3 Å². The number of hydrogen-bond donors (Lipinski definition) is 4. The molecule has 0 amide bonds. The van der Waals surface area contributed by atoms with Crippen molar-refractivity contribution in [2.75, 3.05) is 52.9 Å². The van der Waals surface area contributed by atoms with E-state index >= 15 is 0 Å². The maximum absolute atomic E-state index is 12.3. The quantitative estimate of drug-likeness (QED) is 0.0554. The van der Waals surface area contributed by atoms with Crippen LogP contribution in [0.25, 0.3) is 0 Å². The Bertz CT molecular complexity index is 2880. The Morgan fingerprint density at radius 2 is 0.761 bits per heavy atom. The highest BCUT2D eigenvalue weighted by atomic mass is 31.2. The molecule has 0 aromatic rings. The third kappa shape index (κ3) is 40.6. The lowest BCUT2D eigenvalue weighted by atomic mass is 9.83. The molecule has 672 valence electrons. The highest BCUT2D eigenvalue weighted by Crippen LogP contribution is 2.58. The molecule has 10 rings (SSSR count). The van der Waals surface area contributed by atoms with E-state index in [2.05, 4.69) is 4.52 Å². The fourth-order valence-electron chi connectivity index (χ4n) is 14.2. The second kappa shape index (κ2) is 54.5. The molecule has 0 aromatic carbocycles. The molecule has 6 heterocycles. The number of phosphoric ester groups is 4. The van der Waals surface area contributed by atoms with Gasteiger partial charge in [-0.05, 0) is 185 Å². The van der Waals surface area contributed by atoms with Gasteiger partial charge < -0.3 is 144 Å². The monoisotopic (exact) mass is 1740 g/mol. The van der Waals surface area contributed by atoms with E-state index in [1.54, 1.807) is 0 Å². The molecule has 6 N–H and O–H groups in total. The highest BCUT2D eigenvalue weighted by Gasteiger charge is 2.51. The van der Waals surface area contributed by atoms with Gasteiger partial charge in [-0.1, -0.05) is 22.3 Å². The number of hydrogen-bond acceptors (Lipinski definition) is 34. The molecular weight excluding hydrogens is 1610 g/mol. The van der Waals surface area contributed by atoms with Crippen LogP contribution in [-0.4, -0.2) is 318 Å². The third-order valence-electron chi connectivity index (χ3n) is 19.3. The van der Waals surface area contributed by atoms with Gasteiger partial charge >= 0.3 is 0 Å². The van der Waals surface area contributed by atoms with Crippen molar-refractivity contribution in [3.05, 3.63) is 0 Å². The number of fused-ring (bicyclic) bond motifs is 3. The average molecular weight is 1740 g/mol. The summed E-state index contributed by atoms with van der Waals surface area (Å²) in [5.74, 6) is -2.99. The summed E-state index contributed by atoms with van der Waals surface area (Å²) >= 11 is 0. The van der Waals surface area contributed by atoms with Gasteiger partial charge in [0.15, 0.2) is 0 Å². The van der Waals surface area contributed by atoms with Gasteiger partial charge in [-0.25, -0.2) is 0 Å². The second-order valence-electron chi connectivity index (χ2n) is 31.9. The van der Waals surface area contributed by atoms with Gasteiger partial charge in [0.1, 0.15) is 55.8 Å². The maximum Gasteiger partial charge on any atom is 0.268 e. The van der Waals surface area contributed by atoms with Crippen LogP contribution in [0, 0.1) is 23.7 Å². The third-order valence-corrected chi connectivity index (χ3v) is 23.2. The molecule has 0 spiro atoms. The van der Waals surface area contributed by atoms with Crippen LogP contribution in [0.5, 0.6) is 0 Å². The van der Waals surface area contributed by atoms with E-state index in [9.17, 15) is 53.2 Å². The lowest BCUT2D eigenvalue weighted by Crippen LogP contribution is -2.38. The zero-order chi connectivity index (χ0) is 84.2. The van der Waals surface area contributed by atoms with Gasteiger partial charge in [0.25, 0.3) is 31.3 Å². The molecule has 46 heteroatoms. The van der Waals surface area contributed by atoms with Gasteiger partial charge in [-0.2, -0.15) is 0 Å². The summed E-state index contributed by atoms with van der Waals surface area (Å²) in [6.45, 7) is 31.1. The molecule has 16 radical (unpaired) electrons. The summed E-state index contributed by atoms with van der Waals surface area (Å²) in [7, 11) is 28.4. The first-order chi connectivity index (χ1) is 52.0. The minimum atomic E-state index is -4.66. The second-order valence-corrected chi connectivity index (χ2v) is 37.4. The van der Waals surface area contributed by atoms with E-state index in [1.165, 1.54) is 0 Å². The molecule has 10 aliphatic rings. The van der Waals surface area contributed by atoms with Crippen LogP contribution in [0.15, 0.2) is 0 Å². The Labute approximate surface area is 707 Å². The van der Waals surface area contributed by atoms with E-state index in [0.717, 1.165) is 0 Å². The fraction of sp³-hybridized carbons (Fsp3) is 1.00. The molecule has 34 nitrogen and oxygen atoms in total. The van der Waals surface area contributed by atoms with E-state index in [0.29, 0.717) is 51.7 Å². The van der Waals surface area contributed by atoms with Crippen LogP contribution in [-0.2, 0) is 111 Å². The fourth-order valence-corrected chi connectivity index (χ4v) is 18.3. The first-order valence-corrected chi connectivity index (χ1v) is 44.8. The van der Waals surface area contributed by atoms with Crippen LogP contribution in [0.2, 0.25) is 23.3 Å². The lowest BCUT2D eigenvalue weighted by molar-refractivity contribution is -0.247. The van der Waals surface area contributed by atoms with Crippen LogP contribution in [0.1, 0.15) is 184 Å². The zero-order valence-corrected chi connectivity index (χ0v) is 72.2. The molecular formula is C71H134B8O34P4-6. The van der Waals surface area contributed by atoms with Gasteiger partial charge in [0.05, 0.1) is 206 Å². The van der Waals surface area contributed by atoms with E-state index in [1.807, 2.05) is 111 Å².